The Labute approximate surface area is 365 Å². The summed E-state index contributed by atoms with van der Waals surface area (Å²) in [6.45, 7) is 0. The van der Waals surface area contributed by atoms with Gasteiger partial charge in [-0.3, -0.25) is 4.79 Å². The van der Waals surface area contributed by atoms with Gasteiger partial charge in [-0.25, -0.2) is 0 Å². The van der Waals surface area contributed by atoms with Crippen molar-refractivity contribution in [2.24, 2.45) is 129 Å². The van der Waals surface area contributed by atoms with E-state index in [-0.39, 0.29) is 22.2 Å². The molecule has 10 fully saturated rings. The molecule has 6 heteroatoms. The van der Waals surface area contributed by atoms with Crippen LogP contribution >= 0.6 is 0 Å². The molecule has 17 aliphatic rings. The lowest BCUT2D eigenvalue weighted by Gasteiger charge is -2.60. The van der Waals surface area contributed by atoms with Gasteiger partial charge in [-0.15, -0.1) is 0 Å². The maximum atomic E-state index is 13.4. The van der Waals surface area contributed by atoms with Crippen LogP contribution < -0.4 is 18.9 Å². The van der Waals surface area contributed by atoms with Crippen LogP contribution in [0, 0.1) is 129 Å². The molecule has 0 N–H and O–H groups in total. The largest absolute Gasteiger partial charge is 0.496 e. The number of methoxy groups -OCH3 is 5. The predicted molar refractivity (Wildman–Crippen MR) is 229 cm³/mol. The molecule has 0 amide bonds. The van der Waals surface area contributed by atoms with E-state index in [1.165, 1.54) is 56.9 Å². The van der Waals surface area contributed by atoms with Gasteiger partial charge in [0.2, 0.25) is 5.75 Å². The maximum absolute atomic E-state index is 13.4. The number of hydrogen-bond acceptors (Lipinski definition) is 6. The topological polar surface area (TPSA) is 63.2 Å². The van der Waals surface area contributed by atoms with Gasteiger partial charge in [-0.1, -0.05) is 34.4 Å². The Bertz CT molecular complexity index is 2660. The van der Waals surface area contributed by atoms with Gasteiger partial charge in [-0.05, 0) is 199 Å². The van der Waals surface area contributed by atoms with Crippen LogP contribution in [0.4, 0.5) is 0 Å². The summed E-state index contributed by atoms with van der Waals surface area (Å²) in [7, 11) is 8.87. The van der Waals surface area contributed by atoms with E-state index in [9.17, 15) is 4.79 Å². The lowest BCUT2D eigenvalue weighted by Crippen LogP contribution is -2.56. The van der Waals surface area contributed by atoms with E-state index in [1.807, 2.05) is 58.8 Å². The Morgan fingerprint density at radius 1 is 0.597 bits per heavy atom. The van der Waals surface area contributed by atoms with Crippen LogP contribution in [-0.4, -0.2) is 41.5 Å². The third-order valence-corrected chi connectivity index (χ3v) is 25.3. The highest BCUT2D eigenvalue weighted by Crippen LogP contribution is 3.06. The standard InChI is InChI=1S/C56H60O6/c1-58-30-19-31(59-2)52(61-4)53(62-5)49(30)54(18-6-7-32(57)60-3)55-28-16-17-29-27-15-13-25-23-11-9-21-20-8-10-22-24-12-14-26(28)39-37(24)42-35(22)33(20)41-34(21)36(23)43-38(25)40(27)51(56(29,54)55)48-46(43)44(41)45(42)47(48)50(39)55/h8,10,19-23,28-29,33-36,41-48,50-51H,6-7,9,11-18H2,1-5H3. The maximum Gasteiger partial charge on any atom is 0.305 e. The van der Waals surface area contributed by atoms with Gasteiger partial charge in [0.25, 0.3) is 0 Å². The van der Waals surface area contributed by atoms with Crippen molar-refractivity contribution in [1.82, 2.24) is 0 Å². The second-order valence-electron chi connectivity index (χ2n) is 24.3. The van der Waals surface area contributed by atoms with Crippen LogP contribution in [0.5, 0.6) is 23.0 Å². The minimum absolute atomic E-state index is 0.0522. The molecule has 1 aromatic rings. The summed E-state index contributed by atoms with van der Waals surface area (Å²) in [6, 6.07) is 2.15. The molecule has 0 aliphatic heterocycles. The van der Waals surface area contributed by atoms with E-state index in [0.29, 0.717) is 47.5 Å². The minimum atomic E-state index is -0.254. The van der Waals surface area contributed by atoms with Crippen molar-refractivity contribution >= 4 is 5.97 Å². The molecule has 18 rings (SSSR count). The quantitative estimate of drug-likeness (QED) is 0.183. The van der Waals surface area contributed by atoms with Crippen LogP contribution in [-0.2, 0) is 14.9 Å². The molecule has 17 aliphatic carbocycles. The second-order valence-corrected chi connectivity index (χ2v) is 24.3. The number of allylic oxidation sites excluding steroid dienone is 10. The Hall–Kier alpha value is -3.41. The SMILES string of the molecule is COC(=O)CCCC1(c2c(OC)cc(OC)c(OC)c2OC)C23C4CCC5C6=C7C8=C(CC6)C6CCC9C%10C=CC%11C%12=C%13C(=C4CC%12)C2C2C4C%13C%11C%10C%10C9C6C8C(C4%10)C2C7C513. The number of rotatable bonds is 9. The summed E-state index contributed by atoms with van der Waals surface area (Å²) in [4.78, 5) is 13.4. The van der Waals surface area contributed by atoms with Gasteiger partial charge >= 0.3 is 5.97 Å². The lowest BCUT2D eigenvalue weighted by atomic mass is 9.44. The fourth-order valence-corrected chi connectivity index (χ4v) is 26.2. The van der Waals surface area contributed by atoms with Crippen molar-refractivity contribution in [2.45, 2.75) is 76.0 Å². The second kappa shape index (κ2) is 10.0. The molecule has 320 valence electrons. The summed E-state index contributed by atoms with van der Waals surface area (Å²) in [5.74, 6) is 19.0. The molecule has 0 radical (unpaired) electrons. The number of carbonyl (C=O) groups excluding carboxylic acids is 1. The zero-order valence-electron chi connectivity index (χ0n) is 37.0. The van der Waals surface area contributed by atoms with Gasteiger partial charge < -0.3 is 23.7 Å². The average Bonchev–Trinajstić information content (AvgIpc) is 3.96. The van der Waals surface area contributed by atoms with Gasteiger partial charge in [0.05, 0.1) is 35.5 Å². The van der Waals surface area contributed by atoms with Gasteiger partial charge in [0.1, 0.15) is 5.75 Å². The number of hydrogen-bond donors (Lipinski definition) is 0. The molecule has 23 unspecified atom stereocenters. The first-order chi connectivity index (χ1) is 30.5. The van der Waals surface area contributed by atoms with E-state index in [2.05, 4.69) is 18.2 Å². The van der Waals surface area contributed by atoms with E-state index in [0.717, 1.165) is 113 Å². The summed E-state index contributed by atoms with van der Waals surface area (Å²) in [5, 5.41) is 0. The molecule has 0 saturated heterocycles. The first-order valence-electron chi connectivity index (χ1n) is 25.6. The van der Waals surface area contributed by atoms with Gasteiger partial charge in [0, 0.05) is 40.2 Å². The number of benzene rings is 1. The van der Waals surface area contributed by atoms with Crippen molar-refractivity contribution in [3.8, 4) is 23.0 Å². The van der Waals surface area contributed by atoms with Crippen LogP contribution in [0.3, 0.4) is 0 Å². The molecule has 0 heterocycles. The average molecular weight is 829 g/mol. The number of ether oxygens (including phenoxy) is 5. The van der Waals surface area contributed by atoms with E-state index in [1.54, 1.807) is 21.3 Å². The highest BCUT2D eigenvalue weighted by molar-refractivity contribution is 5.78. The number of carbonyl (C=O) groups is 1. The smallest absolute Gasteiger partial charge is 0.305 e. The lowest BCUT2D eigenvalue weighted by molar-refractivity contribution is -0.140. The Kier molecular flexibility index (Phi) is 5.50. The zero-order valence-corrected chi connectivity index (χ0v) is 37.0. The highest BCUT2D eigenvalue weighted by atomic mass is 16.5. The Balaban J connectivity index is 1.01. The Morgan fingerprint density at radius 3 is 1.92 bits per heavy atom. The van der Waals surface area contributed by atoms with Crippen molar-refractivity contribution in [3.63, 3.8) is 0 Å². The predicted octanol–water partition coefficient (Wildman–Crippen LogP) is 9.69. The fraction of sp³-hybridized carbons (Fsp3) is 0.696. The van der Waals surface area contributed by atoms with Crippen LogP contribution in [0.2, 0.25) is 0 Å². The molecule has 6 nitrogen and oxygen atoms in total. The fourth-order valence-electron chi connectivity index (χ4n) is 26.2. The molecule has 0 aromatic heterocycles. The molecule has 0 bridgehead atoms. The zero-order chi connectivity index (χ0) is 40.6. The van der Waals surface area contributed by atoms with E-state index in [4.69, 9.17) is 23.7 Å². The number of fused-ring (bicyclic) bond motifs is 5. The van der Waals surface area contributed by atoms with Crippen LogP contribution in [0.15, 0.2) is 62.8 Å². The first-order valence-corrected chi connectivity index (χ1v) is 25.6. The molecule has 23 atom stereocenters. The summed E-state index contributed by atoms with van der Waals surface area (Å²) in [6.07, 6.45) is 18.8. The van der Waals surface area contributed by atoms with Gasteiger partial charge in [0.15, 0.2) is 11.5 Å². The van der Waals surface area contributed by atoms with Crippen molar-refractivity contribution in [2.75, 3.05) is 35.5 Å². The van der Waals surface area contributed by atoms with E-state index < -0.39 is 0 Å². The van der Waals surface area contributed by atoms with Crippen molar-refractivity contribution < 1.29 is 28.5 Å². The molecular weight excluding hydrogens is 769 g/mol. The van der Waals surface area contributed by atoms with Gasteiger partial charge in [-0.2, -0.15) is 0 Å². The molecular formula is C56H60O6. The Morgan fingerprint density at radius 2 is 1.24 bits per heavy atom. The summed E-state index contributed by atoms with van der Waals surface area (Å²) >= 11 is 0. The molecule has 62 heavy (non-hydrogen) atoms. The van der Waals surface area contributed by atoms with Crippen LogP contribution in [0.1, 0.15) is 76.2 Å². The third kappa shape index (κ3) is 2.72. The summed E-state index contributed by atoms with van der Waals surface area (Å²) in [5.41, 5.74) is 16.9. The summed E-state index contributed by atoms with van der Waals surface area (Å²) < 4.78 is 31.6. The monoisotopic (exact) mass is 828 g/mol. The first kappa shape index (κ1) is 34.0. The van der Waals surface area contributed by atoms with Crippen LogP contribution in [0.25, 0.3) is 0 Å². The van der Waals surface area contributed by atoms with Crippen molar-refractivity contribution in [1.29, 1.82) is 0 Å². The molecule has 2 spiro atoms. The van der Waals surface area contributed by atoms with E-state index >= 15 is 0 Å². The normalized spacial score (nSPS) is 55.8. The minimum Gasteiger partial charge on any atom is -0.496 e. The number of esters is 1. The highest BCUT2D eigenvalue weighted by Gasteiger charge is 3.03. The molecule has 1 aromatic carbocycles. The molecule has 10 saturated carbocycles. The van der Waals surface area contributed by atoms with Crippen molar-refractivity contribution in [3.05, 3.63) is 68.4 Å². The third-order valence-electron chi connectivity index (χ3n) is 25.3.